The lowest BCUT2D eigenvalue weighted by molar-refractivity contribution is 0.592. The van der Waals surface area contributed by atoms with Gasteiger partial charge < -0.3 is 5.32 Å². The molecular formula is C13H18N4O2S. The number of sulfonamides is 1. The number of H-pyrrole nitrogens is 1. The van der Waals surface area contributed by atoms with Gasteiger partial charge in [-0.25, -0.2) is 8.42 Å². The highest BCUT2D eigenvalue weighted by Gasteiger charge is 2.16. The van der Waals surface area contributed by atoms with Gasteiger partial charge in [-0.1, -0.05) is 19.1 Å². The lowest BCUT2D eigenvalue weighted by Gasteiger charge is -2.14. The first-order valence-corrected chi connectivity index (χ1v) is 7.86. The molecule has 1 heterocycles. The lowest BCUT2D eigenvalue weighted by atomic mass is 10.1. The number of aromatic amines is 1. The van der Waals surface area contributed by atoms with Crippen molar-refractivity contribution in [2.24, 2.45) is 0 Å². The number of benzene rings is 1. The Morgan fingerprint density at radius 2 is 2.20 bits per heavy atom. The lowest BCUT2D eigenvalue weighted by Crippen LogP contribution is -2.18. The zero-order chi connectivity index (χ0) is 14.6. The molecule has 0 saturated heterocycles. The molecule has 20 heavy (non-hydrogen) atoms. The van der Waals surface area contributed by atoms with Crippen molar-refractivity contribution < 1.29 is 8.42 Å². The Labute approximate surface area is 118 Å². The second-order valence-electron chi connectivity index (χ2n) is 4.44. The van der Waals surface area contributed by atoms with Crippen LogP contribution in [0.25, 0.3) is 0 Å². The molecule has 2 aromatic rings. The molecule has 1 aromatic carbocycles. The molecule has 0 aliphatic carbocycles. The van der Waals surface area contributed by atoms with E-state index in [9.17, 15) is 8.42 Å². The molecule has 1 atom stereocenters. The third-order valence-electron chi connectivity index (χ3n) is 2.93. The van der Waals surface area contributed by atoms with Crippen molar-refractivity contribution in [1.29, 1.82) is 0 Å². The maximum absolute atomic E-state index is 12.3. The number of aromatic nitrogens is 2. The minimum Gasteiger partial charge on any atom is -0.310 e. The number of rotatable bonds is 6. The highest BCUT2D eigenvalue weighted by molar-refractivity contribution is 7.92. The van der Waals surface area contributed by atoms with Crippen LogP contribution in [0.1, 0.15) is 25.5 Å². The first-order chi connectivity index (χ1) is 9.53. The van der Waals surface area contributed by atoms with Crippen molar-refractivity contribution in [2.75, 3.05) is 11.3 Å². The van der Waals surface area contributed by atoms with Crippen LogP contribution in [-0.2, 0) is 10.0 Å². The van der Waals surface area contributed by atoms with Crippen LogP contribution < -0.4 is 10.0 Å². The van der Waals surface area contributed by atoms with Gasteiger partial charge in [0.15, 0.2) is 0 Å². The van der Waals surface area contributed by atoms with Crippen LogP contribution in [0.4, 0.5) is 5.69 Å². The maximum Gasteiger partial charge on any atom is 0.262 e. The van der Waals surface area contributed by atoms with Crippen LogP contribution in [-0.4, -0.2) is 25.2 Å². The van der Waals surface area contributed by atoms with E-state index < -0.39 is 10.0 Å². The Balaban J connectivity index is 2.25. The summed E-state index contributed by atoms with van der Waals surface area (Å²) in [5.74, 6) is 0. The molecule has 6 nitrogen and oxygen atoms in total. The molecule has 108 valence electrons. The van der Waals surface area contributed by atoms with Gasteiger partial charge in [-0.05, 0) is 31.2 Å². The zero-order valence-corrected chi connectivity index (χ0v) is 12.2. The number of hydrogen-bond donors (Lipinski definition) is 3. The molecule has 0 aliphatic rings. The fourth-order valence-electron chi connectivity index (χ4n) is 1.90. The normalized spacial score (nSPS) is 13.1. The summed E-state index contributed by atoms with van der Waals surface area (Å²) in [6.45, 7) is 4.84. The number of hydrogen-bond acceptors (Lipinski definition) is 4. The summed E-state index contributed by atoms with van der Waals surface area (Å²) < 4.78 is 27.0. The summed E-state index contributed by atoms with van der Waals surface area (Å²) >= 11 is 0. The molecule has 0 aliphatic heterocycles. The first kappa shape index (κ1) is 14.5. The summed E-state index contributed by atoms with van der Waals surface area (Å²) in [5, 5.41) is 9.53. The summed E-state index contributed by atoms with van der Waals surface area (Å²) in [5.41, 5.74) is 1.34. The predicted octanol–water partition coefficient (Wildman–Crippen LogP) is 1.88. The van der Waals surface area contributed by atoms with Crippen LogP contribution in [0.3, 0.4) is 0 Å². The van der Waals surface area contributed by atoms with E-state index in [0.29, 0.717) is 5.69 Å². The number of nitrogens with zero attached hydrogens (tertiary/aromatic N) is 1. The molecule has 0 radical (unpaired) electrons. The minimum absolute atomic E-state index is 0.101. The van der Waals surface area contributed by atoms with Crippen molar-refractivity contribution in [3.63, 3.8) is 0 Å². The summed E-state index contributed by atoms with van der Waals surface area (Å²) in [7, 11) is -3.59. The van der Waals surface area contributed by atoms with Crippen LogP contribution >= 0.6 is 0 Å². The van der Waals surface area contributed by atoms with Crippen LogP contribution in [0.2, 0.25) is 0 Å². The van der Waals surface area contributed by atoms with Gasteiger partial charge in [0.2, 0.25) is 0 Å². The summed E-state index contributed by atoms with van der Waals surface area (Å²) in [6.07, 6.45) is 2.91. The van der Waals surface area contributed by atoms with E-state index >= 15 is 0 Å². The molecule has 1 unspecified atom stereocenters. The van der Waals surface area contributed by atoms with Gasteiger partial charge in [-0.3, -0.25) is 9.82 Å². The molecular weight excluding hydrogens is 276 g/mol. The Bertz CT molecular complexity index is 653. The van der Waals surface area contributed by atoms with Gasteiger partial charge in [0.1, 0.15) is 0 Å². The zero-order valence-electron chi connectivity index (χ0n) is 11.4. The summed E-state index contributed by atoms with van der Waals surface area (Å²) in [6, 6.07) is 7.00. The fourth-order valence-corrected chi connectivity index (χ4v) is 2.98. The van der Waals surface area contributed by atoms with E-state index in [2.05, 4.69) is 20.2 Å². The van der Waals surface area contributed by atoms with Crippen LogP contribution in [0.5, 0.6) is 0 Å². The summed E-state index contributed by atoms with van der Waals surface area (Å²) in [4.78, 5) is 0.237. The average Bonchev–Trinajstić information content (AvgIpc) is 2.91. The van der Waals surface area contributed by atoms with Crippen molar-refractivity contribution in [2.45, 2.75) is 24.8 Å². The smallest absolute Gasteiger partial charge is 0.262 e. The Morgan fingerprint density at radius 1 is 1.40 bits per heavy atom. The average molecular weight is 294 g/mol. The standard InChI is InChI=1S/C13H18N4O2S/c1-3-14-10(2)11-5-4-6-13(7-11)20(18,19)17-12-8-15-16-9-12/h4-10,14,17H,3H2,1-2H3,(H,15,16). The van der Waals surface area contributed by atoms with Gasteiger partial charge in [0.25, 0.3) is 10.0 Å². The van der Waals surface area contributed by atoms with Crippen molar-refractivity contribution >= 4 is 15.7 Å². The van der Waals surface area contributed by atoms with Crippen LogP contribution in [0.15, 0.2) is 41.6 Å². The third-order valence-corrected chi connectivity index (χ3v) is 4.31. The van der Waals surface area contributed by atoms with Gasteiger partial charge in [-0.15, -0.1) is 0 Å². The van der Waals surface area contributed by atoms with E-state index in [1.54, 1.807) is 18.2 Å². The molecule has 0 saturated carbocycles. The molecule has 0 bridgehead atoms. The fraction of sp³-hybridized carbons (Fsp3) is 0.308. The van der Waals surface area contributed by atoms with E-state index in [-0.39, 0.29) is 10.9 Å². The molecule has 2 rings (SSSR count). The van der Waals surface area contributed by atoms with E-state index in [1.807, 2.05) is 19.9 Å². The monoisotopic (exact) mass is 294 g/mol. The highest BCUT2D eigenvalue weighted by Crippen LogP contribution is 2.19. The van der Waals surface area contributed by atoms with E-state index in [0.717, 1.165) is 12.1 Å². The maximum atomic E-state index is 12.3. The molecule has 0 amide bonds. The number of nitrogens with one attached hydrogen (secondary N) is 3. The van der Waals surface area contributed by atoms with Gasteiger partial charge in [0, 0.05) is 12.2 Å². The molecule has 0 fully saturated rings. The molecule has 3 N–H and O–H groups in total. The van der Waals surface area contributed by atoms with Crippen molar-refractivity contribution in [3.8, 4) is 0 Å². The number of anilines is 1. The van der Waals surface area contributed by atoms with Crippen molar-refractivity contribution in [1.82, 2.24) is 15.5 Å². The first-order valence-electron chi connectivity index (χ1n) is 6.38. The van der Waals surface area contributed by atoms with Gasteiger partial charge in [0.05, 0.1) is 16.8 Å². The quantitative estimate of drug-likeness (QED) is 0.759. The SMILES string of the molecule is CCNC(C)c1cccc(S(=O)(=O)Nc2cn[nH]c2)c1. The predicted molar refractivity (Wildman–Crippen MR) is 77.9 cm³/mol. The van der Waals surface area contributed by atoms with Gasteiger partial charge >= 0.3 is 0 Å². The van der Waals surface area contributed by atoms with E-state index in [4.69, 9.17) is 0 Å². The molecule has 1 aromatic heterocycles. The Kier molecular flexibility index (Phi) is 4.41. The molecule has 0 spiro atoms. The third kappa shape index (κ3) is 3.37. The topological polar surface area (TPSA) is 86.9 Å². The highest BCUT2D eigenvalue weighted by atomic mass is 32.2. The molecule has 7 heteroatoms. The van der Waals surface area contributed by atoms with Gasteiger partial charge in [-0.2, -0.15) is 5.10 Å². The second kappa shape index (κ2) is 6.06. The largest absolute Gasteiger partial charge is 0.310 e. The Morgan fingerprint density at radius 3 is 2.85 bits per heavy atom. The van der Waals surface area contributed by atoms with Crippen molar-refractivity contribution in [3.05, 3.63) is 42.2 Å². The van der Waals surface area contributed by atoms with Crippen LogP contribution in [0, 0.1) is 0 Å². The second-order valence-corrected chi connectivity index (χ2v) is 6.13. The Hall–Kier alpha value is -1.86. The minimum atomic E-state index is -3.59. The van der Waals surface area contributed by atoms with E-state index in [1.165, 1.54) is 12.4 Å².